The molecule has 0 aromatic heterocycles. The maximum Gasteiger partial charge on any atom is 0.314 e. The first-order valence-electron chi connectivity index (χ1n) is 6.83. The van der Waals surface area contributed by atoms with E-state index in [4.69, 9.17) is 0 Å². The van der Waals surface area contributed by atoms with Gasteiger partial charge in [0.15, 0.2) is 0 Å². The molecule has 2 fully saturated rings. The molecule has 2 aliphatic rings. The van der Waals surface area contributed by atoms with Gasteiger partial charge in [0.1, 0.15) is 0 Å². The van der Waals surface area contributed by atoms with Crippen LogP contribution in [-0.4, -0.2) is 44.3 Å². The average Bonchev–Trinajstić information content (AvgIpc) is 2.88. The van der Waals surface area contributed by atoms with Gasteiger partial charge in [-0.15, -0.1) is 0 Å². The lowest BCUT2D eigenvalue weighted by atomic mass is 10.1. The molecule has 98 valence electrons. The van der Waals surface area contributed by atoms with Crippen molar-refractivity contribution in [3.05, 3.63) is 0 Å². The molecule has 0 spiro atoms. The van der Waals surface area contributed by atoms with Gasteiger partial charge in [-0.3, -0.25) is 0 Å². The van der Waals surface area contributed by atoms with Crippen LogP contribution in [0, 0.1) is 0 Å². The first-order valence-corrected chi connectivity index (χ1v) is 6.83. The Morgan fingerprint density at radius 1 is 0.941 bits per heavy atom. The molecule has 5 heteroatoms. The lowest BCUT2D eigenvalue weighted by Crippen LogP contribution is -2.48. The van der Waals surface area contributed by atoms with Crippen molar-refractivity contribution in [3.63, 3.8) is 0 Å². The first-order chi connectivity index (χ1) is 8.34. The van der Waals surface area contributed by atoms with E-state index < -0.39 is 0 Å². The zero-order valence-corrected chi connectivity index (χ0v) is 10.4. The minimum absolute atomic E-state index is 0.0360. The summed E-state index contributed by atoms with van der Waals surface area (Å²) in [6, 6.07) is 0.888. The summed E-state index contributed by atoms with van der Waals surface area (Å²) in [6.07, 6.45) is 6.10. The maximum atomic E-state index is 11.6. The van der Waals surface area contributed by atoms with Gasteiger partial charge in [-0.05, 0) is 38.8 Å². The fourth-order valence-electron chi connectivity index (χ4n) is 2.52. The summed E-state index contributed by atoms with van der Waals surface area (Å²) in [5.41, 5.74) is 0. The van der Waals surface area contributed by atoms with E-state index in [2.05, 4.69) is 21.3 Å². The van der Waals surface area contributed by atoms with Crippen LogP contribution in [0.4, 0.5) is 4.79 Å². The van der Waals surface area contributed by atoms with Gasteiger partial charge in [0.2, 0.25) is 0 Å². The van der Waals surface area contributed by atoms with Gasteiger partial charge < -0.3 is 21.3 Å². The third-order valence-electron chi connectivity index (χ3n) is 3.59. The molecule has 2 unspecified atom stereocenters. The molecule has 2 amide bonds. The summed E-state index contributed by atoms with van der Waals surface area (Å²) in [5, 5.41) is 12.6. The van der Waals surface area contributed by atoms with Crippen molar-refractivity contribution >= 4 is 6.03 Å². The number of amides is 2. The maximum absolute atomic E-state index is 11.6. The van der Waals surface area contributed by atoms with Gasteiger partial charge >= 0.3 is 6.03 Å². The summed E-state index contributed by atoms with van der Waals surface area (Å²) >= 11 is 0. The smallest absolute Gasteiger partial charge is 0.314 e. The molecule has 17 heavy (non-hydrogen) atoms. The van der Waals surface area contributed by atoms with Crippen molar-refractivity contribution in [1.82, 2.24) is 21.3 Å². The number of urea groups is 1. The van der Waals surface area contributed by atoms with Crippen LogP contribution in [0.25, 0.3) is 0 Å². The van der Waals surface area contributed by atoms with Gasteiger partial charge in [0.05, 0.1) is 0 Å². The van der Waals surface area contributed by atoms with Gasteiger partial charge in [-0.1, -0.05) is 6.42 Å². The predicted octanol–water partition coefficient (Wildman–Crippen LogP) is 0.180. The third kappa shape index (κ3) is 4.52. The van der Waals surface area contributed by atoms with Crippen LogP contribution in [0.1, 0.15) is 32.1 Å². The molecule has 0 aliphatic carbocycles. The Kier molecular flexibility index (Phi) is 5.07. The Morgan fingerprint density at radius 3 is 2.06 bits per heavy atom. The number of nitrogens with one attached hydrogen (secondary N) is 4. The van der Waals surface area contributed by atoms with Gasteiger partial charge in [-0.25, -0.2) is 4.79 Å². The summed E-state index contributed by atoms with van der Waals surface area (Å²) in [4.78, 5) is 11.6. The molecule has 0 bridgehead atoms. The molecule has 0 radical (unpaired) electrons. The Balaban J connectivity index is 1.53. The monoisotopic (exact) mass is 240 g/mol. The lowest BCUT2D eigenvalue weighted by molar-refractivity contribution is 0.237. The minimum atomic E-state index is -0.0360. The molecular weight excluding hydrogens is 216 g/mol. The van der Waals surface area contributed by atoms with Crippen molar-refractivity contribution in [1.29, 1.82) is 0 Å². The molecular formula is C12H24N4O. The minimum Gasteiger partial charge on any atom is -0.337 e. The molecule has 2 aliphatic heterocycles. The van der Waals surface area contributed by atoms with E-state index in [9.17, 15) is 4.79 Å². The van der Waals surface area contributed by atoms with Crippen molar-refractivity contribution < 1.29 is 4.79 Å². The second-order valence-electron chi connectivity index (χ2n) is 5.03. The van der Waals surface area contributed by atoms with Crippen LogP contribution >= 0.6 is 0 Å². The topological polar surface area (TPSA) is 65.2 Å². The number of rotatable bonds is 4. The third-order valence-corrected chi connectivity index (χ3v) is 3.59. The predicted molar refractivity (Wildman–Crippen MR) is 68.1 cm³/mol. The van der Waals surface area contributed by atoms with Gasteiger partial charge in [-0.2, -0.15) is 0 Å². The number of carbonyl (C=O) groups excluding carboxylic acids is 1. The Morgan fingerprint density at radius 2 is 1.53 bits per heavy atom. The highest BCUT2D eigenvalue weighted by molar-refractivity contribution is 5.73. The molecule has 2 heterocycles. The average molecular weight is 240 g/mol. The van der Waals surface area contributed by atoms with Crippen LogP contribution in [0.5, 0.6) is 0 Å². The van der Waals surface area contributed by atoms with E-state index in [1.54, 1.807) is 0 Å². The Hall–Kier alpha value is -0.810. The van der Waals surface area contributed by atoms with E-state index in [0.29, 0.717) is 12.1 Å². The second-order valence-corrected chi connectivity index (χ2v) is 5.03. The number of piperidine rings is 1. The Bertz CT molecular complexity index is 235. The van der Waals surface area contributed by atoms with Crippen molar-refractivity contribution in [2.24, 2.45) is 0 Å². The molecule has 0 saturated carbocycles. The summed E-state index contributed by atoms with van der Waals surface area (Å²) in [6.45, 7) is 3.65. The fraction of sp³-hybridized carbons (Fsp3) is 0.917. The lowest BCUT2D eigenvalue weighted by Gasteiger charge is -2.23. The quantitative estimate of drug-likeness (QED) is 0.567. The second kappa shape index (κ2) is 6.81. The normalized spacial score (nSPS) is 28.9. The first kappa shape index (κ1) is 12.6. The highest BCUT2D eigenvalue weighted by Gasteiger charge is 2.16. The standard InChI is InChI=1S/C12H24N4O/c17-12(16-9-11-5-3-7-14-11)15-8-10-4-1-2-6-13-10/h10-11,13-14H,1-9H2,(H2,15,16,17). The van der Waals surface area contributed by atoms with Crippen molar-refractivity contribution in [2.75, 3.05) is 26.2 Å². The van der Waals surface area contributed by atoms with Crippen LogP contribution in [0.3, 0.4) is 0 Å². The van der Waals surface area contributed by atoms with E-state index in [1.807, 2.05) is 0 Å². The summed E-state index contributed by atoms with van der Waals surface area (Å²) < 4.78 is 0. The van der Waals surface area contributed by atoms with Crippen LogP contribution < -0.4 is 21.3 Å². The number of carbonyl (C=O) groups is 1. The van der Waals surface area contributed by atoms with Crippen molar-refractivity contribution in [2.45, 2.75) is 44.2 Å². The van der Waals surface area contributed by atoms with Crippen LogP contribution in [0.2, 0.25) is 0 Å². The van der Waals surface area contributed by atoms with E-state index in [0.717, 1.165) is 26.2 Å². The van der Waals surface area contributed by atoms with E-state index in [1.165, 1.54) is 32.1 Å². The molecule has 5 nitrogen and oxygen atoms in total. The zero-order valence-electron chi connectivity index (χ0n) is 10.4. The molecule has 4 N–H and O–H groups in total. The highest BCUT2D eigenvalue weighted by atomic mass is 16.2. The molecule has 2 atom stereocenters. The zero-order chi connectivity index (χ0) is 11.9. The number of hydrogen-bond acceptors (Lipinski definition) is 3. The van der Waals surface area contributed by atoms with Gasteiger partial charge in [0.25, 0.3) is 0 Å². The van der Waals surface area contributed by atoms with E-state index in [-0.39, 0.29) is 6.03 Å². The largest absolute Gasteiger partial charge is 0.337 e. The SMILES string of the molecule is O=C(NCC1CCCCN1)NCC1CCCN1. The number of hydrogen-bond donors (Lipinski definition) is 4. The molecule has 0 aromatic carbocycles. The van der Waals surface area contributed by atoms with Crippen molar-refractivity contribution in [3.8, 4) is 0 Å². The van der Waals surface area contributed by atoms with E-state index >= 15 is 0 Å². The van der Waals surface area contributed by atoms with Crippen LogP contribution in [-0.2, 0) is 0 Å². The summed E-state index contributed by atoms with van der Waals surface area (Å²) in [5.74, 6) is 0. The summed E-state index contributed by atoms with van der Waals surface area (Å²) in [7, 11) is 0. The molecule has 2 saturated heterocycles. The van der Waals surface area contributed by atoms with Crippen LogP contribution in [0.15, 0.2) is 0 Å². The highest BCUT2D eigenvalue weighted by Crippen LogP contribution is 2.05. The molecule has 2 rings (SSSR count). The Labute approximate surface area is 103 Å². The fourth-order valence-corrected chi connectivity index (χ4v) is 2.52. The van der Waals surface area contributed by atoms with Gasteiger partial charge in [0, 0.05) is 25.2 Å². The molecule has 0 aromatic rings.